The monoisotopic (exact) mass is 317 g/mol. The van der Waals surface area contributed by atoms with E-state index in [1.165, 1.54) is 0 Å². The van der Waals surface area contributed by atoms with E-state index in [1.807, 2.05) is 44.2 Å². The van der Waals surface area contributed by atoms with Crippen LogP contribution in [0.4, 0.5) is 10.6 Å². The van der Waals surface area contributed by atoms with Crippen LogP contribution < -0.4 is 10.6 Å². The number of aliphatic hydroxyl groups excluding tert-OH is 1. The Hall–Kier alpha value is -2.34. The third-order valence-corrected chi connectivity index (χ3v) is 3.55. The fourth-order valence-corrected chi connectivity index (χ4v) is 2.08. The molecule has 6 nitrogen and oxygen atoms in total. The van der Waals surface area contributed by atoms with Crippen molar-refractivity contribution in [2.75, 3.05) is 18.5 Å². The number of anilines is 1. The summed E-state index contributed by atoms with van der Waals surface area (Å²) in [6, 6.07) is 10.9. The Bertz CT molecular complexity index is 623. The summed E-state index contributed by atoms with van der Waals surface area (Å²) in [5.74, 6) is 0.975. The number of urea groups is 1. The molecule has 2 amide bonds. The van der Waals surface area contributed by atoms with Crippen molar-refractivity contribution in [3.05, 3.63) is 36.4 Å². The largest absolute Gasteiger partial charge is 0.396 e. The summed E-state index contributed by atoms with van der Waals surface area (Å²) in [5.41, 5.74) is 0.786. The molecular formula is C17H23N3O3. The minimum Gasteiger partial charge on any atom is -0.396 e. The molecule has 6 heteroatoms. The summed E-state index contributed by atoms with van der Waals surface area (Å²) < 4.78 is 5.22. The number of rotatable bonds is 7. The zero-order chi connectivity index (χ0) is 16.7. The van der Waals surface area contributed by atoms with Gasteiger partial charge in [0.15, 0.2) is 11.6 Å². The summed E-state index contributed by atoms with van der Waals surface area (Å²) in [4.78, 5) is 11.8. The van der Waals surface area contributed by atoms with E-state index in [0.717, 1.165) is 18.4 Å². The number of nitrogens with one attached hydrogen (secondary N) is 2. The molecule has 0 radical (unpaired) electrons. The molecule has 1 aromatic heterocycles. The van der Waals surface area contributed by atoms with Gasteiger partial charge in [-0.05, 0) is 18.3 Å². The van der Waals surface area contributed by atoms with Crippen molar-refractivity contribution in [2.24, 2.45) is 5.41 Å². The van der Waals surface area contributed by atoms with Crippen LogP contribution >= 0.6 is 0 Å². The SMILES string of the molecule is CC(C)(CO)CCCNC(=O)Nc1cc(-c2ccccc2)on1. The smallest absolute Gasteiger partial charge is 0.320 e. The van der Waals surface area contributed by atoms with Crippen LogP contribution in [-0.4, -0.2) is 29.4 Å². The van der Waals surface area contributed by atoms with Crippen LogP contribution in [0.1, 0.15) is 26.7 Å². The van der Waals surface area contributed by atoms with E-state index in [1.54, 1.807) is 6.07 Å². The molecule has 0 aliphatic heterocycles. The van der Waals surface area contributed by atoms with E-state index >= 15 is 0 Å². The second kappa shape index (κ2) is 7.78. The van der Waals surface area contributed by atoms with Gasteiger partial charge in [-0.15, -0.1) is 0 Å². The molecule has 0 aliphatic rings. The molecule has 0 atom stereocenters. The molecule has 0 unspecified atom stereocenters. The maximum atomic E-state index is 11.8. The number of hydrogen-bond donors (Lipinski definition) is 3. The molecule has 0 saturated carbocycles. The van der Waals surface area contributed by atoms with Crippen LogP contribution in [0.15, 0.2) is 40.9 Å². The van der Waals surface area contributed by atoms with Crippen LogP contribution in [0.3, 0.4) is 0 Å². The summed E-state index contributed by atoms with van der Waals surface area (Å²) in [6.45, 7) is 4.67. The molecule has 2 aromatic rings. The molecule has 0 aliphatic carbocycles. The van der Waals surface area contributed by atoms with Crippen molar-refractivity contribution in [3.63, 3.8) is 0 Å². The lowest BCUT2D eigenvalue weighted by Gasteiger charge is -2.21. The Morgan fingerprint density at radius 3 is 2.74 bits per heavy atom. The normalized spacial score (nSPS) is 11.3. The first-order chi connectivity index (χ1) is 11.0. The van der Waals surface area contributed by atoms with Crippen molar-refractivity contribution in [1.29, 1.82) is 0 Å². The highest BCUT2D eigenvalue weighted by Gasteiger charge is 2.15. The number of hydrogen-bond acceptors (Lipinski definition) is 4. The molecule has 0 saturated heterocycles. The third-order valence-electron chi connectivity index (χ3n) is 3.55. The van der Waals surface area contributed by atoms with Crippen LogP contribution in [-0.2, 0) is 0 Å². The Balaban J connectivity index is 1.77. The van der Waals surface area contributed by atoms with Gasteiger partial charge in [0.1, 0.15) is 0 Å². The minimum absolute atomic E-state index is 0.116. The van der Waals surface area contributed by atoms with E-state index in [9.17, 15) is 9.90 Å². The molecule has 1 heterocycles. The Morgan fingerprint density at radius 1 is 1.30 bits per heavy atom. The van der Waals surface area contributed by atoms with Gasteiger partial charge in [0.05, 0.1) is 0 Å². The maximum Gasteiger partial charge on any atom is 0.320 e. The van der Waals surface area contributed by atoms with Gasteiger partial charge in [0.25, 0.3) is 0 Å². The van der Waals surface area contributed by atoms with Crippen molar-refractivity contribution in [2.45, 2.75) is 26.7 Å². The summed E-state index contributed by atoms with van der Waals surface area (Å²) >= 11 is 0. The van der Waals surface area contributed by atoms with Crippen LogP contribution in [0, 0.1) is 5.41 Å². The maximum absolute atomic E-state index is 11.8. The number of amides is 2. The topological polar surface area (TPSA) is 87.4 Å². The van der Waals surface area contributed by atoms with Crippen LogP contribution in [0.5, 0.6) is 0 Å². The lowest BCUT2D eigenvalue weighted by Crippen LogP contribution is -2.30. The number of aromatic nitrogens is 1. The predicted molar refractivity (Wildman–Crippen MR) is 89.1 cm³/mol. The molecular weight excluding hydrogens is 294 g/mol. The highest BCUT2D eigenvalue weighted by atomic mass is 16.5. The Morgan fingerprint density at radius 2 is 2.04 bits per heavy atom. The third kappa shape index (κ3) is 5.41. The van der Waals surface area contributed by atoms with Gasteiger partial charge in [-0.3, -0.25) is 5.32 Å². The van der Waals surface area contributed by atoms with Gasteiger partial charge in [-0.1, -0.05) is 49.3 Å². The highest BCUT2D eigenvalue weighted by Crippen LogP contribution is 2.22. The second-order valence-corrected chi connectivity index (χ2v) is 6.25. The average Bonchev–Trinajstić information content (AvgIpc) is 3.01. The molecule has 0 spiro atoms. The summed E-state index contributed by atoms with van der Waals surface area (Å²) in [5, 5.41) is 18.4. The van der Waals surface area contributed by atoms with E-state index in [2.05, 4.69) is 15.8 Å². The quantitative estimate of drug-likeness (QED) is 0.684. The minimum atomic E-state index is -0.320. The van der Waals surface area contributed by atoms with Gasteiger partial charge >= 0.3 is 6.03 Å². The van der Waals surface area contributed by atoms with Crippen LogP contribution in [0.25, 0.3) is 11.3 Å². The van der Waals surface area contributed by atoms with Gasteiger partial charge in [0, 0.05) is 24.8 Å². The molecule has 1 aromatic carbocycles. The van der Waals surface area contributed by atoms with Crippen LogP contribution in [0.2, 0.25) is 0 Å². The molecule has 2 rings (SSSR count). The van der Waals surface area contributed by atoms with Crippen molar-refractivity contribution in [1.82, 2.24) is 10.5 Å². The van der Waals surface area contributed by atoms with Gasteiger partial charge in [-0.25, -0.2) is 4.79 Å². The van der Waals surface area contributed by atoms with Crippen molar-refractivity contribution >= 4 is 11.8 Å². The molecule has 0 fully saturated rings. The van der Waals surface area contributed by atoms with E-state index in [0.29, 0.717) is 18.1 Å². The lowest BCUT2D eigenvalue weighted by atomic mass is 9.89. The predicted octanol–water partition coefficient (Wildman–Crippen LogP) is 3.26. The van der Waals surface area contributed by atoms with Gasteiger partial charge < -0.3 is 14.9 Å². The van der Waals surface area contributed by atoms with Crippen molar-refractivity contribution in [3.8, 4) is 11.3 Å². The van der Waals surface area contributed by atoms with E-state index < -0.39 is 0 Å². The first-order valence-corrected chi connectivity index (χ1v) is 7.68. The van der Waals surface area contributed by atoms with E-state index in [4.69, 9.17) is 4.52 Å². The highest BCUT2D eigenvalue weighted by molar-refractivity contribution is 5.88. The summed E-state index contributed by atoms with van der Waals surface area (Å²) in [6.07, 6.45) is 1.64. The molecule has 0 bridgehead atoms. The number of benzene rings is 1. The van der Waals surface area contributed by atoms with Crippen molar-refractivity contribution < 1.29 is 14.4 Å². The fraction of sp³-hybridized carbons (Fsp3) is 0.412. The molecule has 23 heavy (non-hydrogen) atoms. The fourth-order valence-electron chi connectivity index (χ4n) is 2.08. The number of aliphatic hydroxyl groups is 1. The number of carbonyl (C=O) groups excluding carboxylic acids is 1. The zero-order valence-corrected chi connectivity index (χ0v) is 13.5. The average molecular weight is 317 g/mol. The Labute approximate surface area is 135 Å². The van der Waals surface area contributed by atoms with Gasteiger partial charge in [0.2, 0.25) is 0 Å². The van der Waals surface area contributed by atoms with Gasteiger partial charge in [-0.2, -0.15) is 0 Å². The molecule has 3 N–H and O–H groups in total. The standard InChI is InChI=1S/C17H23N3O3/c1-17(2,12-21)9-6-10-18-16(22)19-15-11-14(23-20-15)13-7-4-3-5-8-13/h3-5,7-8,11,21H,6,9-10,12H2,1-2H3,(H2,18,19,20,22). The first kappa shape index (κ1) is 17.0. The molecule has 124 valence electrons. The Kier molecular flexibility index (Phi) is 5.76. The number of nitrogens with zero attached hydrogens (tertiary/aromatic N) is 1. The second-order valence-electron chi connectivity index (χ2n) is 6.25. The first-order valence-electron chi connectivity index (χ1n) is 7.68. The summed E-state index contributed by atoms with van der Waals surface area (Å²) in [7, 11) is 0. The number of carbonyl (C=O) groups is 1. The zero-order valence-electron chi connectivity index (χ0n) is 13.5. The lowest BCUT2D eigenvalue weighted by molar-refractivity contribution is 0.148. The van der Waals surface area contributed by atoms with E-state index in [-0.39, 0.29) is 18.1 Å².